The van der Waals surface area contributed by atoms with Gasteiger partial charge in [-0.15, -0.1) is 0 Å². The molecule has 2 heterocycles. The predicted molar refractivity (Wildman–Crippen MR) is 116 cm³/mol. The third-order valence-corrected chi connectivity index (χ3v) is 5.40. The number of benzene rings is 3. The van der Waals surface area contributed by atoms with Crippen molar-refractivity contribution in [2.75, 3.05) is 0 Å². The maximum Gasteiger partial charge on any atom is 0.416 e. The summed E-state index contributed by atoms with van der Waals surface area (Å²) in [5.41, 5.74) is 2.25. The van der Waals surface area contributed by atoms with E-state index in [2.05, 4.69) is 16.0 Å². The third-order valence-electron chi connectivity index (χ3n) is 5.40. The predicted octanol–water partition coefficient (Wildman–Crippen LogP) is 6.00. The van der Waals surface area contributed by atoms with Crippen molar-refractivity contribution in [3.63, 3.8) is 0 Å². The fourth-order valence-corrected chi connectivity index (χ4v) is 3.90. The molecule has 0 spiro atoms. The number of hydrogen-bond acceptors (Lipinski definition) is 4. The molecule has 33 heavy (non-hydrogen) atoms. The van der Waals surface area contributed by atoms with Crippen LogP contribution in [0.1, 0.15) is 16.7 Å². The Morgan fingerprint density at radius 1 is 0.788 bits per heavy atom. The first-order valence-corrected chi connectivity index (χ1v) is 9.78. The van der Waals surface area contributed by atoms with Crippen molar-refractivity contribution >= 4 is 21.8 Å². The summed E-state index contributed by atoms with van der Waals surface area (Å²) in [7, 11) is 0. The normalized spacial score (nSPS) is 11.4. The molecule has 5 rings (SSSR count). The van der Waals surface area contributed by atoms with Gasteiger partial charge in [0.25, 0.3) is 0 Å². The molecule has 0 N–H and O–H groups in total. The Morgan fingerprint density at radius 2 is 1.52 bits per heavy atom. The Labute approximate surface area is 185 Å². The van der Waals surface area contributed by atoms with E-state index in [0.717, 1.165) is 12.1 Å². The second-order valence-corrected chi connectivity index (χ2v) is 7.33. The van der Waals surface area contributed by atoms with Crippen LogP contribution in [0.25, 0.3) is 38.9 Å². The van der Waals surface area contributed by atoms with Crippen LogP contribution in [0.15, 0.2) is 73.1 Å². The van der Waals surface area contributed by atoms with E-state index in [0.29, 0.717) is 50.0 Å². The van der Waals surface area contributed by atoms with Crippen LogP contribution in [0.3, 0.4) is 0 Å². The summed E-state index contributed by atoms with van der Waals surface area (Å²) in [6.07, 6.45) is -1.67. The second kappa shape index (κ2) is 7.47. The summed E-state index contributed by atoms with van der Waals surface area (Å²) in [5, 5.41) is 19.9. The summed E-state index contributed by atoms with van der Waals surface area (Å²) in [5.74, 6) is 0.356. The topological polar surface area (TPSA) is 78.3 Å². The molecule has 5 aromatic rings. The molecular formula is C25H12F3N5. The molecule has 8 heteroatoms. The Balaban J connectivity index is 1.74. The van der Waals surface area contributed by atoms with E-state index in [4.69, 9.17) is 5.26 Å². The first-order chi connectivity index (χ1) is 15.9. The lowest BCUT2D eigenvalue weighted by Crippen LogP contribution is -2.04. The summed E-state index contributed by atoms with van der Waals surface area (Å²) >= 11 is 0. The van der Waals surface area contributed by atoms with Crippen LogP contribution < -0.4 is 0 Å². The van der Waals surface area contributed by atoms with Gasteiger partial charge in [0, 0.05) is 28.7 Å². The van der Waals surface area contributed by atoms with E-state index in [-0.39, 0.29) is 0 Å². The average molecular weight is 439 g/mol. The van der Waals surface area contributed by atoms with Crippen molar-refractivity contribution in [2.45, 2.75) is 6.18 Å². The number of nitrogens with zero attached hydrogens (tertiary/aromatic N) is 5. The first kappa shape index (κ1) is 20.2. The van der Waals surface area contributed by atoms with Crippen LogP contribution in [0.5, 0.6) is 0 Å². The molecule has 3 aromatic carbocycles. The minimum absolute atomic E-state index is 0.308. The molecule has 0 atom stereocenters. The SMILES string of the molecule is N#Cc1cnc(-c2ccc(-n3c4ccccc4c4cc(C(F)(F)F)ccc43)c(C#N)c2)nc1. The first-order valence-electron chi connectivity index (χ1n) is 9.78. The number of halogens is 3. The van der Waals surface area contributed by atoms with E-state index in [1.54, 1.807) is 47.0 Å². The molecule has 0 amide bonds. The van der Waals surface area contributed by atoms with Crippen molar-refractivity contribution in [2.24, 2.45) is 0 Å². The maximum atomic E-state index is 13.3. The van der Waals surface area contributed by atoms with Gasteiger partial charge in [0.1, 0.15) is 12.1 Å². The summed E-state index contributed by atoms with van der Waals surface area (Å²) in [4.78, 5) is 8.33. The smallest absolute Gasteiger partial charge is 0.308 e. The van der Waals surface area contributed by atoms with Crippen LogP contribution in [-0.4, -0.2) is 14.5 Å². The zero-order valence-corrected chi connectivity index (χ0v) is 16.8. The monoisotopic (exact) mass is 439 g/mol. The Bertz CT molecular complexity index is 1620. The van der Waals surface area contributed by atoms with E-state index in [9.17, 15) is 18.4 Å². The Kier molecular flexibility index (Phi) is 4.58. The zero-order valence-electron chi connectivity index (χ0n) is 16.8. The van der Waals surface area contributed by atoms with Gasteiger partial charge in [0.15, 0.2) is 5.82 Å². The van der Waals surface area contributed by atoms with Crippen LogP contribution >= 0.6 is 0 Å². The minimum atomic E-state index is -4.46. The van der Waals surface area contributed by atoms with E-state index in [1.807, 2.05) is 6.07 Å². The van der Waals surface area contributed by atoms with Crippen LogP contribution in [0, 0.1) is 22.7 Å². The molecule has 0 aliphatic carbocycles. The number of para-hydroxylation sites is 1. The standard InChI is InChI=1S/C25H12F3N5/c26-25(27,28)18-6-8-23-20(10-18)19-3-1-2-4-22(19)33(23)21-7-5-16(9-17(21)12-30)24-31-13-15(11-29)14-32-24/h1-10,13-14H. The van der Waals surface area contributed by atoms with Gasteiger partial charge in [-0.05, 0) is 42.5 Å². The largest absolute Gasteiger partial charge is 0.416 e. The molecule has 0 fully saturated rings. The molecule has 0 saturated heterocycles. The molecule has 2 aromatic heterocycles. The average Bonchev–Trinajstić information content (AvgIpc) is 3.17. The number of alkyl halides is 3. The van der Waals surface area contributed by atoms with Gasteiger partial charge in [-0.1, -0.05) is 18.2 Å². The van der Waals surface area contributed by atoms with Gasteiger partial charge in [0.2, 0.25) is 0 Å². The Hall–Kier alpha value is -4.69. The quantitative estimate of drug-likeness (QED) is 0.338. The molecule has 5 nitrogen and oxygen atoms in total. The maximum absolute atomic E-state index is 13.3. The lowest BCUT2D eigenvalue weighted by atomic mass is 10.1. The van der Waals surface area contributed by atoms with Gasteiger partial charge < -0.3 is 4.57 Å². The van der Waals surface area contributed by atoms with Gasteiger partial charge in [-0.25, -0.2) is 9.97 Å². The third kappa shape index (κ3) is 3.35. The fourth-order valence-electron chi connectivity index (χ4n) is 3.90. The van der Waals surface area contributed by atoms with Crippen LogP contribution in [0.2, 0.25) is 0 Å². The van der Waals surface area contributed by atoms with E-state index in [1.165, 1.54) is 18.5 Å². The number of nitriles is 2. The highest BCUT2D eigenvalue weighted by molar-refractivity contribution is 6.09. The van der Waals surface area contributed by atoms with E-state index >= 15 is 0 Å². The molecule has 0 bridgehead atoms. The highest BCUT2D eigenvalue weighted by Gasteiger charge is 2.31. The van der Waals surface area contributed by atoms with Gasteiger partial charge in [-0.3, -0.25) is 0 Å². The summed E-state index contributed by atoms with van der Waals surface area (Å²) in [6, 6.07) is 20.0. The summed E-state index contributed by atoms with van der Waals surface area (Å²) in [6.45, 7) is 0. The lowest BCUT2D eigenvalue weighted by molar-refractivity contribution is -0.137. The van der Waals surface area contributed by atoms with Crippen LogP contribution in [-0.2, 0) is 6.18 Å². The number of aromatic nitrogens is 3. The summed E-state index contributed by atoms with van der Waals surface area (Å²) < 4.78 is 41.8. The molecule has 0 radical (unpaired) electrons. The molecule has 0 aliphatic heterocycles. The zero-order chi connectivity index (χ0) is 23.2. The van der Waals surface area contributed by atoms with Crippen molar-refractivity contribution in [3.8, 4) is 29.2 Å². The number of hydrogen-bond donors (Lipinski definition) is 0. The van der Waals surface area contributed by atoms with Gasteiger partial charge >= 0.3 is 6.18 Å². The molecule has 0 unspecified atom stereocenters. The van der Waals surface area contributed by atoms with Crippen molar-refractivity contribution in [1.29, 1.82) is 10.5 Å². The Morgan fingerprint density at radius 3 is 2.21 bits per heavy atom. The highest BCUT2D eigenvalue weighted by Crippen LogP contribution is 2.37. The van der Waals surface area contributed by atoms with Crippen molar-refractivity contribution < 1.29 is 13.2 Å². The number of fused-ring (bicyclic) bond motifs is 3. The van der Waals surface area contributed by atoms with Crippen LogP contribution in [0.4, 0.5) is 13.2 Å². The van der Waals surface area contributed by atoms with Gasteiger partial charge in [-0.2, -0.15) is 23.7 Å². The highest BCUT2D eigenvalue weighted by atomic mass is 19.4. The lowest BCUT2D eigenvalue weighted by Gasteiger charge is -2.12. The van der Waals surface area contributed by atoms with Gasteiger partial charge in [0.05, 0.1) is 33.4 Å². The fraction of sp³-hybridized carbons (Fsp3) is 0.0400. The van der Waals surface area contributed by atoms with Crippen molar-refractivity contribution in [1.82, 2.24) is 14.5 Å². The minimum Gasteiger partial charge on any atom is -0.308 e. The molecule has 158 valence electrons. The molecular weight excluding hydrogens is 427 g/mol. The molecule has 0 saturated carbocycles. The number of rotatable bonds is 2. The van der Waals surface area contributed by atoms with Crippen molar-refractivity contribution in [3.05, 3.63) is 89.7 Å². The second-order valence-electron chi connectivity index (χ2n) is 7.33. The molecule has 0 aliphatic rings. The van der Waals surface area contributed by atoms with E-state index < -0.39 is 11.7 Å².